The first-order valence-corrected chi connectivity index (χ1v) is 3.98. The fraction of sp³-hybridized carbons (Fsp3) is 0.250. The van der Waals surface area contributed by atoms with Gasteiger partial charge in [0.2, 0.25) is 0 Å². The summed E-state index contributed by atoms with van der Waals surface area (Å²) in [6.07, 6.45) is -2.24. The van der Waals surface area contributed by atoms with Gasteiger partial charge in [-0.1, -0.05) is 0 Å². The number of alkyl halides is 2. The second kappa shape index (κ2) is 4.60. The summed E-state index contributed by atoms with van der Waals surface area (Å²) in [5, 5.41) is 10.6. The fourth-order valence-corrected chi connectivity index (χ4v) is 1.10. The molecule has 0 saturated carbocycles. The highest BCUT2D eigenvalue weighted by Crippen LogP contribution is 2.29. The maximum absolute atomic E-state index is 12.4. The number of ether oxygens (including phenoxy) is 1. The molecule has 1 aromatic heterocycles. The van der Waals surface area contributed by atoms with Crippen LogP contribution in [0.3, 0.4) is 0 Å². The molecule has 16 heavy (non-hydrogen) atoms. The van der Waals surface area contributed by atoms with Crippen LogP contribution in [0.25, 0.3) is 0 Å². The van der Waals surface area contributed by atoms with Gasteiger partial charge in [-0.15, -0.1) is 0 Å². The zero-order chi connectivity index (χ0) is 12.3. The smallest absolute Gasteiger partial charge is 0.345 e. The van der Waals surface area contributed by atoms with E-state index in [2.05, 4.69) is 9.72 Å². The molecule has 0 aromatic carbocycles. The van der Waals surface area contributed by atoms with Crippen LogP contribution in [0.1, 0.15) is 22.5 Å². The van der Waals surface area contributed by atoms with Gasteiger partial charge < -0.3 is 4.74 Å². The highest BCUT2D eigenvalue weighted by Gasteiger charge is 2.30. The molecule has 0 aliphatic heterocycles. The van der Waals surface area contributed by atoms with E-state index in [0.717, 1.165) is 19.4 Å². The van der Waals surface area contributed by atoms with Crippen LogP contribution in [0.4, 0.5) is 14.5 Å². The number of esters is 1. The number of hydrogen-bond acceptors (Lipinski definition) is 5. The first-order valence-electron chi connectivity index (χ1n) is 3.98. The van der Waals surface area contributed by atoms with Crippen molar-refractivity contribution in [2.45, 2.75) is 6.43 Å². The maximum Gasteiger partial charge on any atom is 0.345 e. The largest absolute Gasteiger partial charge is 0.465 e. The van der Waals surface area contributed by atoms with Gasteiger partial charge in [0.05, 0.1) is 12.0 Å². The summed E-state index contributed by atoms with van der Waals surface area (Å²) in [7, 11) is 0.995. The summed E-state index contributed by atoms with van der Waals surface area (Å²) in [5.41, 5.74) is -2.62. The molecule has 0 spiro atoms. The monoisotopic (exact) mass is 232 g/mol. The van der Waals surface area contributed by atoms with Crippen molar-refractivity contribution < 1.29 is 23.2 Å². The molecule has 8 heteroatoms. The van der Waals surface area contributed by atoms with Crippen LogP contribution < -0.4 is 0 Å². The van der Waals surface area contributed by atoms with Crippen molar-refractivity contribution in [3.05, 3.63) is 33.6 Å². The van der Waals surface area contributed by atoms with E-state index in [1.807, 2.05) is 0 Å². The molecule has 0 aliphatic carbocycles. The van der Waals surface area contributed by atoms with Crippen LogP contribution >= 0.6 is 0 Å². The van der Waals surface area contributed by atoms with Crippen LogP contribution in [0.15, 0.2) is 12.3 Å². The third kappa shape index (κ3) is 2.10. The molecule has 0 N–H and O–H groups in total. The number of nitro groups is 1. The lowest BCUT2D eigenvalue weighted by Gasteiger charge is -2.04. The summed E-state index contributed by atoms with van der Waals surface area (Å²) in [6.45, 7) is 0. The summed E-state index contributed by atoms with van der Waals surface area (Å²) < 4.78 is 29.1. The van der Waals surface area contributed by atoms with E-state index in [0.29, 0.717) is 0 Å². The molecule has 86 valence electrons. The number of carbonyl (C=O) groups is 1. The number of rotatable bonds is 3. The Morgan fingerprint density at radius 1 is 1.62 bits per heavy atom. The summed E-state index contributed by atoms with van der Waals surface area (Å²) >= 11 is 0. The van der Waals surface area contributed by atoms with Crippen LogP contribution in [-0.4, -0.2) is 23.0 Å². The minimum absolute atomic E-state index is 0.544. The van der Waals surface area contributed by atoms with E-state index in [4.69, 9.17) is 0 Å². The Kier molecular flexibility index (Phi) is 3.44. The minimum Gasteiger partial charge on any atom is -0.465 e. The van der Waals surface area contributed by atoms with Crippen molar-refractivity contribution in [1.29, 1.82) is 0 Å². The van der Waals surface area contributed by atoms with E-state index in [9.17, 15) is 23.7 Å². The van der Waals surface area contributed by atoms with E-state index >= 15 is 0 Å². The Balaban J connectivity index is 3.44. The number of carbonyl (C=O) groups excluding carboxylic acids is 1. The van der Waals surface area contributed by atoms with E-state index in [1.54, 1.807) is 0 Å². The lowest BCUT2D eigenvalue weighted by Crippen LogP contribution is -2.09. The summed E-state index contributed by atoms with van der Waals surface area (Å²) in [4.78, 5) is 23.8. The van der Waals surface area contributed by atoms with Gasteiger partial charge in [0.1, 0.15) is 5.56 Å². The predicted molar refractivity (Wildman–Crippen MR) is 47.2 cm³/mol. The normalized spacial score (nSPS) is 10.2. The molecule has 0 atom stereocenters. The van der Waals surface area contributed by atoms with Gasteiger partial charge in [-0.05, 0) is 6.07 Å². The fourth-order valence-electron chi connectivity index (χ4n) is 1.10. The Labute approximate surface area is 88.0 Å². The zero-order valence-corrected chi connectivity index (χ0v) is 8.02. The average molecular weight is 232 g/mol. The first-order chi connectivity index (χ1) is 7.49. The van der Waals surface area contributed by atoms with E-state index in [1.165, 1.54) is 0 Å². The first kappa shape index (κ1) is 12.0. The van der Waals surface area contributed by atoms with E-state index < -0.39 is 34.3 Å². The van der Waals surface area contributed by atoms with Gasteiger partial charge >= 0.3 is 11.7 Å². The maximum atomic E-state index is 12.4. The highest BCUT2D eigenvalue weighted by atomic mass is 19.3. The topological polar surface area (TPSA) is 82.3 Å². The standard InChI is InChI=1S/C8H6F2N2O4/c1-16-8(13)4-2-3-11-5(7(9)10)6(4)12(14)15/h2-3,7H,1H3. The minimum atomic E-state index is -3.13. The number of aromatic nitrogens is 1. The van der Waals surface area contributed by atoms with Crippen LogP contribution in [0.2, 0.25) is 0 Å². The Morgan fingerprint density at radius 2 is 2.25 bits per heavy atom. The number of hydrogen-bond donors (Lipinski definition) is 0. The number of pyridine rings is 1. The van der Waals surface area contributed by atoms with Gasteiger partial charge in [-0.3, -0.25) is 10.1 Å². The molecule has 0 bridgehead atoms. The Morgan fingerprint density at radius 3 is 2.69 bits per heavy atom. The molecule has 1 rings (SSSR count). The van der Waals surface area contributed by atoms with E-state index in [-0.39, 0.29) is 0 Å². The van der Waals surface area contributed by atoms with Crippen molar-refractivity contribution in [3.63, 3.8) is 0 Å². The molecule has 0 unspecified atom stereocenters. The van der Waals surface area contributed by atoms with Gasteiger partial charge in [0.15, 0.2) is 5.69 Å². The van der Waals surface area contributed by atoms with Crippen LogP contribution in [0.5, 0.6) is 0 Å². The summed E-state index contributed by atoms with van der Waals surface area (Å²) in [5.74, 6) is -1.06. The summed E-state index contributed by atoms with van der Waals surface area (Å²) in [6, 6.07) is 0.954. The third-order valence-corrected chi connectivity index (χ3v) is 1.75. The number of methoxy groups -OCH3 is 1. The van der Waals surface area contributed by atoms with Gasteiger partial charge in [0, 0.05) is 6.20 Å². The molecule has 0 saturated heterocycles. The van der Waals surface area contributed by atoms with Crippen LogP contribution in [0, 0.1) is 10.1 Å². The number of nitrogens with zero attached hydrogens (tertiary/aromatic N) is 2. The quantitative estimate of drug-likeness (QED) is 0.450. The Hall–Kier alpha value is -2.12. The van der Waals surface area contributed by atoms with Crippen molar-refractivity contribution in [2.24, 2.45) is 0 Å². The van der Waals surface area contributed by atoms with Gasteiger partial charge in [0.25, 0.3) is 6.43 Å². The lowest BCUT2D eigenvalue weighted by atomic mass is 10.2. The lowest BCUT2D eigenvalue weighted by molar-refractivity contribution is -0.387. The molecular weight excluding hydrogens is 226 g/mol. The van der Waals surface area contributed by atoms with Gasteiger partial charge in [-0.2, -0.15) is 0 Å². The Bertz CT molecular complexity index is 436. The van der Waals surface area contributed by atoms with Crippen LogP contribution in [-0.2, 0) is 4.74 Å². The molecule has 0 radical (unpaired) electrons. The van der Waals surface area contributed by atoms with Crippen molar-refractivity contribution in [1.82, 2.24) is 4.98 Å². The SMILES string of the molecule is COC(=O)c1ccnc(C(F)F)c1[N+](=O)[O-]. The van der Waals surface area contributed by atoms with Gasteiger partial charge in [-0.25, -0.2) is 18.6 Å². The second-order valence-corrected chi connectivity index (χ2v) is 2.64. The third-order valence-electron chi connectivity index (χ3n) is 1.75. The van der Waals surface area contributed by atoms with Crippen molar-refractivity contribution in [2.75, 3.05) is 7.11 Å². The second-order valence-electron chi connectivity index (χ2n) is 2.64. The zero-order valence-electron chi connectivity index (χ0n) is 8.02. The molecular formula is C8H6F2N2O4. The molecule has 0 fully saturated rings. The average Bonchev–Trinajstić information content (AvgIpc) is 2.26. The molecule has 6 nitrogen and oxygen atoms in total. The number of halogens is 2. The van der Waals surface area contributed by atoms with Crippen molar-refractivity contribution >= 4 is 11.7 Å². The predicted octanol–water partition coefficient (Wildman–Crippen LogP) is 1.71. The van der Waals surface area contributed by atoms with Crippen molar-refractivity contribution in [3.8, 4) is 0 Å². The highest BCUT2D eigenvalue weighted by molar-refractivity contribution is 5.94. The molecule has 0 amide bonds. The molecule has 0 aliphatic rings. The molecule has 1 heterocycles. The molecule has 1 aromatic rings.